The largest absolute Gasteiger partial charge is 0.388 e. The van der Waals surface area contributed by atoms with Gasteiger partial charge < -0.3 is 5.11 Å². The highest BCUT2D eigenvalue weighted by atomic mass is 32.2. The van der Waals surface area contributed by atoms with Crippen LogP contribution in [0.3, 0.4) is 0 Å². The predicted octanol–water partition coefficient (Wildman–Crippen LogP) is 2.93. The van der Waals surface area contributed by atoms with E-state index in [1.165, 1.54) is 0 Å². The molecule has 0 aromatic heterocycles. The summed E-state index contributed by atoms with van der Waals surface area (Å²) in [5, 5.41) is 10.9. The molecule has 1 nitrogen and oxygen atoms in total. The van der Waals surface area contributed by atoms with Gasteiger partial charge in [0.2, 0.25) is 0 Å². The van der Waals surface area contributed by atoms with Gasteiger partial charge in [0.05, 0.1) is 5.60 Å². The minimum absolute atomic E-state index is 0.394. The van der Waals surface area contributed by atoms with Gasteiger partial charge in [0.25, 0.3) is 0 Å². The van der Waals surface area contributed by atoms with Crippen LogP contribution in [-0.2, 0) is 0 Å². The molecule has 1 aliphatic rings. The second-order valence-corrected chi connectivity index (χ2v) is 6.23. The zero-order valence-corrected chi connectivity index (χ0v) is 10.0. The third-order valence-corrected chi connectivity index (χ3v) is 4.60. The van der Waals surface area contributed by atoms with E-state index in [1.54, 1.807) is 0 Å². The molecule has 1 N–H and O–H groups in total. The highest BCUT2D eigenvalue weighted by molar-refractivity contribution is 8.00. The molecule has 0 aromatic carbocycles. The summed E-state index contributed by atoms with van der Waals surface area (Å²) in [6, 6.07) is 0. The molecule has 1 rings (SSSR count). The van der Waals surface area contributed by atoms with Gasteiger partial charge >= 0.3 is 0 Å². The van der Waals surface area contributed by atoms with Crippen molar-refractivity contribution in [2.45, 2.75) is 51.4 Å². The van der Waals surface area contributed by atoms with E-state index in [9.17, 15) is 5.11 Å². The van der Waals surface area contributed by atoms with Gasteiger partial charge in [0.15, 0.2) is 0 Å². The predicted molar refractivity (Wildman–Crippen MR) is 60.1 cm³/mol. The summed E-state index contributed by atoms with van der Waals surface area (Å²) in [6.45, 7) is 8.82. The number of rotatable bonds is 3. The Balaban J connectivity index is 2.57. The molecule has 1 fully saturated rings. The van der Waals surface area contributed by atoms with Crippen LogP contribution in [0.15, 0.2) is 0 Å². The van der Waals surface area contributed by atoms with Crippen LogP contribution in [0.4, 0.5) is 0 Å². The second-order valence-electron chi connectivity index (χ2n) is 4.78. The molecular formula is C11H22OS. The number of hydrogen-bond acceptors (Lipinski definition) is 2. The van der Waals surface area contributed by atoms with Crippen molar-refractivity contribution in [2.75, 3.05) is 5.75 Å². The van der Waals surface area contributed by atoms with Crippen molar-refractivity contribution in [2.24, 2.45) is 11.8 Å². The molecule has 0 amide bonds. The highest BCUT2D eigenvalue weighted by Gasteiger charge is 2.43. The van der Waals surface area contributed by atoms with Gasteiger partial charge in [-0.25, -0.2) is 0 Å². The first kappa shape index (κ1) is 11.4. The molecule has 0 saturated carbocycles. The fourth-order valence-electron chi connectivity index (χ4n) is 2.31. The maximum Gasteiger partial charge on any atom is 0.0796 e. The molecule has 1 heterocycles. The Morgan fingerprint density at radius 1 is 1.46 bits per heavy atom. The van der Waals surface area contributed by atoms with Crippen molar-refractivity contribution >= 4 is 11.8 Å². The smallest absolute Gasteiger partial charge is 0.0796 e. The summed E-state index contributed by atoms with van der Waals surface area (Å²) in [5.74, 6) is 2.26. The molecule has 2 heteroatoms. The quantitative estimate of drug-likeness (QED) is 0.759. The average Bonchev–Trinajstić information content (AvgIpc) is 2.32. The van der Waals surface area contributed by atoms with Crippen LogP contribution in [0, 0.1) is 11.8 Å². The van der Waals surface area contributed by atoms with Crippen LogP contribution < -0.4 is 0 Å². The maximum atomic E-state index is 10.5. The number of thioether (sulfide) groups is 1. The number of aliphatic hydroxyl groups is 1. The molecular weight excluding hydrogens is 180 g/mol. The van der Waals surface area contributed by atoms with Gasteiger partial charge in [-0.2, -0.15) is 11.8 Å². The highest BCUT2D eigenvalue weighted by Crippen LogP contribution is 2.42. The standard InChI is InChI=1S/C11H22OS/c1-8(2)7-9(3)11(12)5-6-13-10(11)4/h8-10,12H,5-7H2,1-4H3. The summed E-state index contributed by atoms with van der Waals surface area (Å²) >= 11 is 1.91. The van der Waals surface area contributed by atoms with E-state index in [4.69, 9.17) is 0 Å². The first-order valence-electron chi connectivity index (χ1n) is 5.30. The van der Waals surface area contributed by atoms with E-state index in [0.29, 0.717) is 17.1 Å². The summed E-state index contributed by atoms with van der Waals surface area (Å²) in [7, 11) is 0. The van der Waals surface area contributed by atoms with Gasteiger partial charge in [-0.05, 0) is 30.4 Å². The van der Waals surface area contributed by atoms with E-state index in [2.05, 4.69) is 27.7 Å². The molecule has 1 aliphatic heterocycles. The van der Waals surface area contributed by atoms with Crippen molar-refractivity contribution in [1.82, 2.24) is 0 Å². The van der Waals surface area contributed by atoms with Crippen LogP contribution in [-0.4, -0.2) is 21.7 Å². The summed E-state index contributed by atoms with van der Waals surface area (Å²) in [4.78, 5) is 0. The van der Waals surface area contributed by atoms with Crippen LogP contribution in [0.5, 0.6) is 0 Å². The molecule has 1 saturated heterocycles. The van der Waals surface area contributed by atoms with Gasteiger partial charge in [-0.1, -0.05) is 27.7 Å². The fraction of sp³-hybridized carbons (Fsp3) is 1.00. The van der Waals surface area contributed by atoms with Crippen LogP contribution in [0.1, 0.15) is 40.5 Å². The average molecular weight is 202 g/mol. The number of hydrogen-bond donors (Lipinski definition) is 1. The molecule has 3 atom stereocenters. The molecule has 78 valence electrons. The van der Waals surface area contributed by atoms with Crippen molar-refractivity contribution in [1.29, 1.82) is 0 Å². The fourth-order valence-corrected chi connectivity index (χ4v) is 3.74. The Labute approximate surface area is 86.3 Å². The Morgan fingerprint density at radius 3 is 2.46 bits per heavy atom. The minimum atomic E-state index is -0.394. The Hall–Kier alpha value is 0.310. The lowest BCUT2D eigenvalue weighted by Gasteiger charge is -2.34. The summed E-state index contributed by atoms with van der Waals surface area (Å²) in [6.07, 6.45) is 2.12. The van der Waals surface area contributed by atoms with E-state index in [1.807, 2.05) is 11.8 Å². The van der Waals surface area contributed by atoms with Gasteiger partial charge in [-0.15, -0.1) is 0 Å². The molecule has 0 radical (unpaired) electrons. The van der Waals surface area contributed by atoms with E-state index in [-0.39, 0.29) is 0 Å². The Kier molecular flexibility index (Phi) is 3.70. The van der Waals surface area contributed by atoms with Crippen molar-refractivity contribution in [3.63, 3.8) is 0 Å². The zero-order chi connectivity index (χ0) is 10.1. The van der Waals surface area contributed by atoms with Gasteiger partial charge in [0.1, 0.15) is 0 Å². The molecule has 3 unspecified atom stereocenters. The molecule has 0 aliphatic carbocycles. The molecule has 0 spiro atoms. The lowest BCUT2D eigenvalue weighted by atomic mass is 9.79. The first-order valence-corrected chi connectivity index (χ1v) is 6.35. The van der Waals surface area contributed by atoms with Crippen LogP contribution >= 0.6 is 11.8 Å². The van der Waals surface area contributed by atoms with Crippen LogP contribution in [0.25, 0.3) is 0 Å². The Bertz CT molecular complexity index is 169. The normalized spacial score (nSPS) is 36.9. The van der Waals surface area contributed by atoms with Crippen LogP contribution in [0.2, 0.25) is 0 Å². The van der Waals surface area contributed by atoms with Gasteiger partial charge in [-0.3, -0.25) is 0 Å². The molecule has 13 heavy (non-hydrogen) atoms. The third kappa shape index (κ3) is 2.41. The van der Waals surface area contributed by atoms with Crippen molar-refractivity contribution in [3.8, 4) is 0 Å². The lowest BCUT2D eigenvalue weighted by molar-refractivity contribution is -0.0138. The minimum Gasteiger partial charge on any atom is -0.388 e. The third-order valence-electron chi connectivity index (χ3n) is 3.25. The first-order chi connectivity index (χ1) is 5.97. The van der Waals surface area contributed by atoms with Gasteiger partial charge in [0, 0.05) is 5.25 Å². The SMILES string of the molecule is CC(C)CC(C)C1(O)CCSC1C. The zero-order valence-electron chi connectivity index (χ0n) is 9.21. The summed E-state index contributed by atoms with van der Waals surface area (Å²) in [5.41, 5.74) is -0.394. The van der Waals surface area contributed by atoms with E-state index < -0.39 is 5.60 Å². The molecule has 0 bridgehead atoms. The molecule has 0 aromatic rings. The van der Waals surface area contributed by atoms with E-state index >= 15 is 0 Å². The second kappa shape index (κ2) is 4.22. The monoisotopic (exact) mass is 202 g/mol. The summed E-state index contributed by atoms with van der Waals surface area (Å²) < 4.78 is 0. The lowest BCUT2D eigenvalue weighted by Crippen LogP contribution is -2.42. The topological polar surface area (TPSA) is 20.2 Å². The van der Waals surface area contributed by atoms with E-state index in [0.717, 1.165) is 18.6 Å². The Morgan fingerprint density at radius 2 is 2.08 bits per heavy atom. The van der Waals surface area contributed by atoms with Crippen molar-refractivity contribution < 1.29 is 5.11 Å². The van der Waals surface area contributed by atoms with Crippen molar-refractivity contribution in [3.05, 3.63) is 0 Å². The maximum absolute atomic E-state index is 10.5.